The Morgan fingerprint density at radius 3 is 1.62 bits per heavy atom. The average Bonchev–Trinajstić information content (AvgIpc) is 3.48. The molecule has 0 aliphatic heterocycles. The smallest absolute Gasteiger partial charge is 0.137 e. The van der Waals surface area contributed by atoms with Crippen LogP contribution in [-0.2, 0) is 5.75 Å². The third-order valence-electron chi connectivity index (χ3n) is 8.55. The highest BCUT2D eigenvalue weighted by Crippen LogP contribution is 2.41. The van der Waals surface area contributed by atoms with Gasteiger partial charge < -0.3 is 15.1 Å². The van der Waals surface area contributed by atoms with Crippen LogP contribution in [0.2, 0.25) is 0 Å². The molecule has 47 heavy (non-hydrogen) atoms. The van der Waals surface area contributed by atoms with Gasteiger partial charge in [-0.2, -0.15) is 0 Å². The molecule has 226 valence electrons. The first kappa shape index (κ1) is 28.7. The molecule has 0 bridgehead atoms. The van der Waals surface area contributed by atoms with E-state index in [4.69, 9.17) is 10.2 Å². The van der Waals surface area contributed by atoms with Gasteiger partial charge in [-0.25, -0.2) is 0 Å². The van der Waals surface area contributed by atoms with E-state index in [2.05, 4.69) is 150 Å². The van der Waals surface area contributed by atoms with E-state index in [1.54, 1.807) is 11.8 Å². The molecule has 0 aliphatic carbocycles. The van der Waals surface area contributed by atoms with Crippen LogP contribution in [0.15, 0.2) is 179 Å². The normalized spacial score (nSPS) is 11.2. The summed E-state index contributed by atoms with van der Waals surface area (Å²) in [5, 5.41) is 2.14. The first-order valence-corrected chi connectivity index (χ1v) is 16.7. The van der Waals surface area contributed by atoms with Crippen molar-refractivity contribution in [2.75, 3.05) is 10.6 Å². The summed E-state index contributed by atoms with van der Waals surface area (Å²) in [7, 11) is 0. The summed E-state index contributed by atoms with van der Waals surface area (Å²) in [5.74, 6) is 0.833. The number of nitrogens with two attached hydrogens (primary N) is 1. The van der Waals surface area contributed by atoms with Crippen LogP contribution in [0.3, 0.4) is 0 Å². The molecule has 2 N–H and O–H groups in total. The van der Waals surface area contributed by atoms with E-state index < -0.39 is 0 Å². The fourth-order valence-corrected chi connectivity index (χ4v) is 7.06. The predicted molar refractivity (Wildman–Crippen MR) is 200 cm³/mol. The number of furan rings is 1. The van der Waals surface area contributed by atoms with Gasteiger partial charge in [-0.15, -0.1) is 11.8 Å². The molecule has 0 fully saturated rings. The standard InChI is InChI=1S/C43H32N2OS/c44-40-28-42-39(27-43(40)47-29-30-16-18-33(19-17-30)31-10-4-1-5-11-31)38-25-24-37(26-41(38)46-42)45(35-14-8-3-9-15-35)36-22-20-34(21-23-36)32-12-6-2-7-13-32/h1-28H,29,44H2. The minimum Gasteiger partial charge on any atom is -0.456 e. The largest absolute Gasteiger partial charge is 0.456 e. The Bertz CT molecular complexity index is 2280. The molecule has 0 amide bonds. The second kappa shape index (κ2) is 12.6. The zero-order chi connectivity index (χ0) is 31.6. The Morgan fingerprint density at radius 1 is 0.468 bits per heavy atom. The monoisotopic (exact) mass is 624 g/mol. The van der Waals surface area contributed by atoms with E-state index in [9.17, 15) is 0 Å². The first-order valence-electron chi connectivity index (χ1n) is 15.7. The van der Waals surface area contributed by atoms with Crippen LogP contribution >= 0.6 is 11.8 Å². The summed E-state index contributed by atoms with van der Waals surface area (Å²) in [5.41, 5.74) is 18.2. The highest BCUT2D eigenvalue weighted by Gasteiger charge is 2.17. The van der Waals surface area contributed by atoms with Gasteiger partial charge in [0.1, 0.15) is 11.2 Å². The van der Waals surface area contributed by atoms with Crippen molar-refractivity contribution in [1.29, 1.82) is 0 Å². The summed E-state index contributed by atoms with van der Waals surface area (Å²) in [4.78, 5) is 3.32. The number of para-hydroxylation sites is 1. The number of thioether (sulfide) groups is 1. The molecule has 0 unspecified atom stereocenters. The Balaban J connectivity index is 1.09. The molecule has 0 aliphatic rings. The van der Waals surface area contributed by atoms with Crippen LogP contribution in [-0.4, -0.2) is 0 Å². The third-order valence-corrected chi connectivity index (χ3v) is 9.69. The molecule has 3 nitrogen and oxygen atoms in total. The quantitative estimate of drug-likeness (QED) is 0.135. The number of fused-ring (bicyclic) bond motifs is 3. The van der Waals surface area contributed by atoms with Crippen molar-refractivity contribution in [3.05, 3.63) is 175 Å². The number of rotatable bonds is 8. The maximum Gasteiger partial charge on any atom is 0.137 e. The average molecular weight is 625 g/mol. The lowest BCUT2D eigenvalue weighted by atomic mass is 10.0. The van der Waals surface area contributed by atoms with Crippen LogP contribution in [0.5, 0.6) is 0 Å². The van der Waals surface area contributed by atoms with Gasteiger partial charge in [0.25, 0.3) is 0 Å². The molecule has 0 saturated heterocycles. The van der Waals surface area contributed by atoms with Crippen molar-refractivity contribution in [3.8, 4) is 22.3 Å². The molecule has 0 spiro atoms. The van der Waals surface area contributed by atoms with Crippen molar-refractivity contribution in [2.45, 2.75) is 10.6 Å². The van der Waals surface area contributed by atoms with Crippen molar-refractivity contribution >= 4 is 56.4 Å². The minimum absolute atomic E-state index is 0.729. The number of nitrogens with zero attached hydrogens (tertiary/aromatic N) is 1. The van der Waals surface area contributed by atoms with E-state index in [0.717, 1.165) is 55.3 Å². The van der Waals surface area contributed by atoms with Gasteiger partial charge in [-0.05, 0) is 70.3 Å². The predicted octanol–water partition coefficient (Wildman–Crippen LogP) is 12.3. The van der Waals surface area contributed by atoms with Crippen molar-refractivity contribution in [3.63, 3.8) is 0 Å². The van der Waals surface area contributed by atoms with E-state index in [0.29, 0.717) is 0 Å². The van der Waals surface area contributed by atoms with E-state index in [1.807, 2.05) is 24.3 Å². The third kappa shape index (κ3) is 5.87. The van der Waals surface area contributed by atoms with Crippen LogP contribution in [0.25, 0.3) is 44.2 Å². The van der Waals surface area contributed by atoms with E-state index in [-0.39, 0.29) is 0 Å². The van der Waals surface area contributed by atoms with Crippen LogP contribution in [0.1, 0.15) is 5.56 Å². The Hall–Kier alpha value is -5.71. The maximum absolute atomic E-state index is 6.57. The molecule has 8 rings (SSSR count). The molecule has 8 aromatic rings. The second-order valence-corrected chi connectivity index (χ2v) is 12.6. The fraction of sp³-hybridized carbons (Fsp3) is 0.0233. The molecule has 0 saturated carbocycles. The molecule has 1 heterocycles. The van der Waals surface area contributed by atoms with Crippen molar-refractivity contribution < 1.29 is 4.42 Å². The minimum atomic E-state index is 0.729. The molecule has 1 aromatic heterocycles. The number of benzene rings is 7. The van der Waals surface area contributed by atoms with Gasteiger partial charge in [0.2, 0.25) is 0 Å². The fourth-order valence-electron chi connectivity index (χ4n) is 6.11. The Labute approximate surface area is 278 Å². The summed E-state index contributed by atoms with van der Waals surface area (Å²) in [6, 6.07) is 59.5. The van der Waals surface area contributed by atoms with Crippen molar-refractivity contribution in [1.82, 2.24) is 0 Å². The zero-order valence-corrected chi connectivity index (χ0v) is 26.5. The lowest BCUT2D eigenvalue weighted by Crippen LogP contribution is -2.09. The summed E-state index contributed by atoms with van der Waals surface area (Å²) < 4.78 is 6.43. The van der Waals surface area contributed by atoms with Gasteiger partial charge >= 0.3 is 0 Å². The number of anilines is 4. The van der Waals surface area contributed by atoms with Crippen LogP contribution in [0, 0.1) is 0 Å². The zero-order valence-electron chi connectivity index (χ0n) is 25.7. The number of hydrogen-bond acceptors (Lipinski definition) is 4. The van der Waals surface area contributed by atoms with Gasteiger partial charge in [-0.1, -0.05) is 115 Å². The van der Waals surface area contributed by atoms with E-state index in [1.165, 1.54) is 27.8 Å². The molecule has 0 radical (unpaired) electrons. The molecular formula is C43H32N2OS. The summed E-state index contributed by atoms with van der Waals surface area (Å²) in [6.45, 7) is 0. The topological polar surface area (TPSA) is 42.4 Å². The summed E-state index contributed by atoms with van der Waals surface area (Å²) in [6.07, 6.45) is 0. The van der Waals surface area contributed by atoms with Crippen LogP contribution in [0.4, 0.5) is 22.7 Å². The molecule has 4 heteroatoms. The van der Waals surface area contributed by atoms with Gasteiger partial charge in [0.15, 0.2) is 0 Å². The van der Waals surface area contributed by atoms with Crippen molar-refractivity contribution in [2.24, 2.45) is 0 Å². The highest BCUT2D eigenvalue weighted by molar-refractivity contribution is 7.98. The first-order chi connectivity index (χ1) is 23.2. The second-order valence-electron chi connectivity index (χ2n) is 11.6. The van der Waals surface area contributed by atoms with Gasteiger partial charge in [0, 0.05) is 56.3 Å². The number of nitrogen functional groups attached to an aromatic ring is 1. The van der Waals surface area contributed by atoms with Gasteiger partial charge in [0.05, 0.1) is 0 Å². The lowest BCUT2D eigenvalue weighted by molar-refractivity contribution is 0.669. The Morgan fingerprint density at radius 2 is 0.979 bits per heavy atom. The lowest BCUT2D eigenvalue weighted by Gasteiger charge is -2.25. The highest BCUT2D eigenvalue weighted by atomic mass is 32.2. The van der Waals surface area contributed by atoms with Gasteiger partial charge in [-0.3, -0.25) is 0 Å². The SMILES string of the molecule is Nc1cc2oc3cc(N(c4ccccc4)c4ccc(-c5ccccc5)cc4)ccc3c2cc1SCc1ccc(-c2ccccc2)cc1. The maximum atomic E-state index is 6.57. The molecule has 0 atom stereocenters. The summed E-state index contributed by atoms with van der Waals surface area (Å²) >= 11 is 1.76. The molecular weight excluding hydrogens is 593 g/mol. The molecule has 7 aromatic carbocycles. The van der Waals surface area contributed by atoms with E-state index >= 15 is 0 Å². The Kier molecular flexibility index (Phi) is 7.70. The number of hydrogen-bond donors (Lipinski definition) is 1. The van der Waals surface area contributed by atoms with Crippen LogP contribution < -0.4 is 10.6 Å².